The van der Waals surface area contributed by atoms with E-state index in [9.17, 15) is 4.79 Å². The van der Waals surface area contributed by atoms with Gasteiger partial charge in [-0.05, 0) is 35.4 Å². The van der Waals surface area contributed by atoms with Crippen LogP contribution < -0.4 is 10.1 Å². The molecule has 8 heteroatoms. The lowest BCUT2D eigenvalue weighted by Gasteiger charge is -2.00. The van der Waals surface area contributed by atoms with Crippen molar-refractivity contribution < 1.29 is 9.53 Å². The molecule has 27 heavy (non-hydrogen) atoms. The summed E-state index contributed by atoms with van der Waals surface area (Å²) >= 11 is 9.01. The van der Waals surface area contributed by atoms with Gasteiger partial charge in [-0.2, -0.15) is 0 Å². The summed E-state index contributed by atoms with van der Waals surface area (Å²) in [6, 6.07) is 15.1. The average Bonchev–Trinajstić information content (AvgIpc) is 3.13. The van der Waals surface area contributed by atoms with Gasteiger partial charge < -0.3 is 4.74 Å². The summed E-state index contributed by atoms with van der Waals surface area (Å²) in [7, 11) is 1.61. The number of carbonyl (C=O) groups excluding carboxylic acids is 1. The van der Waals surface area contributed by atoms with Crippen LogP contribution in [0, 0.1) is 0 Å². The third-order valence-corrected chi connectivity index (χ3v) is 5.88. The second-order valence-electron chi connectivity index (χ2n) is 5.35. The van der Waals surface area contributed by atoms with Crippen LogP contribution in [0.5, 0.6) is 5.75 Å². The van der Waals surface area contributed by atoms with Crippen molar-refractivity contribution in [3.05, 3.63) is 70.8 Å². The first kappa shape index (κ1) is 19.4. The highest BCUT2D eigenvalue weighted by molar-refractivity contribution is 8.00. The molecule has 5 nitrogen and oxygen atoms in total. The number of amides is 1. The van der Waals surface area contributed by atoms with Gasteiger partial charge in [0.15, 0.2) is 4.34 Å². The van der Waals surface area contributed by atoms with Gasteiger partial charge in [-0.15, -0.1) is 10.2 Å². The highest BCUT2D eigenvalue weighted by Gasteiger charge is 2.08. The molecule has 1 heterocycles. The summed E-state index contributed by atoms with van der Waals surface area (Å²) in [5.74, 6) is 1.21. The van der Waals surface area contributed by atoms with E-state index in [4.69, 9.17) is 16.3 Å². The Morgan fingerprint density at radius 3 is 2.74 bits per heavy atom. The summed E-state index contributed by atoms with van der Waals surface area (Å²) < 4.78 is 5.87. The van der Waals surface area contributed by atoms with Gasteiger partial charge in [-0.25, -0.2) is 0 Å². The van der Waals surface area contributed by atoms with Gasteiger partial charge in [0, 0.05) is 16.9 Å². The number of nitrogens with one attached hydrogen (secondary N) is 1. The first-order valence-electron chi connectivity index (χ1n) is 7.97. The zero-order valence-electron chi connectivity index (χ0n) is 14.4. The standard InChI is InChI=1S/C19H16ClN3O2S2/c1-25-15-9-6-13(7-10-15)8-11-17(24)21-18-22-23-19(27-18)26-12-14-4-2-3-5-16(14)20/h2-11H,12H2,1H3,(H,21,22,24). The van der Waals surface area contributed by atoms with Gasteiger partial charge in [-0.3, -0.25) is 10.1 Å². The number of aromatic nitrogens is 2. The van der Waals surface area contributed by atoms with Gasteiger partial charge in [0.1, 0.15) is 5.75 Å². The van der Waals surface area contributed by atoms with E-state index >= 15 is 0 Å². The van der Waals surface area contributed by atoms with Crippen LogP contribution in [-0.4, -0.2) is 23.2 Å². The lowest BCUT2D eigenvalue weighted by Crippen LogP contribution is -2.07. The number of hydrogen-bond acceptors (Lipinski definition) is 6. The monoisotopic (exact) mass is 417 g/mol. The van der Waals surface area contributed by atoms with Crippen LogP contribution in [0.25, 0.3) is 6.08 Å². The maximum Gasteiger partial charge on any atom is 0.250 e. The molecule has 0 atom stereocenters. The Balaban J connectivity index is 1.52. The maximum atomic E-state index is 12.0. The maximum absolute atomic E-state index is 12.0. The number of halogens is 1. The molecule has 1 N–H and O–H groups in total. The summed E-state index contributed by atoms with van der Waals surface area (Å²) in [4.78, 5) is 12.0. The Labute approximate surface area is 170 Å². The van der Waals surface area contributed by atoms with Crippen molar-refractivity contribution in [1.29, 1.82) is 0 Å². The average molecular weight is 418 g/mol. The van der Waals surface area contributed by atoms with E-state index < -0.39 is 0 Å². The van der Waals surface area contributed by atoms with E-state index in [0.29, 0.717) is 10.9 Å². The van der Waals surface area contributed by atoms with Crippen LogP contribution in [0.2, 0.25) is 5.02 Å². The quantitative estimate of drug-likeness (QED) is 0.327. The number of rotatable bonds is 7. The van der Waals surface area contributed by atoms with Crippen LogP contribution in [0.4, 0.5) is 5.13 Å². The minimum Gasteiger partial charge on any atom is -0.497 e. The van der Waals surface area contributed by atoms with Crippen LogP contribution >= 0.6 is 34.7 Å². The molecule has 0 aliphatic heterocycles. The van der Waals surface area contributed by atoms with Crippen molar-refractivity contribution in [3.8, 4) is 5.75 Å². The van der Waals surface area contributed by atoms with Crippen LogP contribution in [0.15, 0.2) is 58.9 Å². The molecule has 0 bridgehead atoms. The number of thioether (sulfide) groups is 1. The lowest BCUT2D eigenvalue weighted by molar-refractivity contribution is -0.111. The first-order chi connectivity index (χ1) is 13.1. The van der Waals surface area contributed by atoms with Crippen LogP contribution in [0.1, 0.15) is 11.1 Å². The molecular weight excluding hydrogens is 402 g/mol. The molecule has 3 aromatic rings. The molecule has 3 rings (SSSR count). The molecule has 0 aliphatic carbocycles. The summed E-state index contributed by atoms with van der Waals surface area (Å²) in [5.41, 5.74) is 1.94. The van der Waals surface area contributed by atoms with Crippen molar-refractivity contribution in [2.75, 3.05) is 12.4 Å². The minimum atomic E-state index is -0.260. The van der Waals surface area contributed by atoms with Crippen molar-refractivity contribution >= 4 is 51.8 Å². The Kier molecular flexibility index (Phi) is 6.86. The number of benzene rings is 2. The van der Waals surface area contributed by atoms with Gasteiger partial charge in [0.2, 0.25) is 11.0 Å². The Morgan fingerprint density at radius 1 is 1.22 bits per heavy atom. The topological polar surface area (TPSA) is 64.1 Å². The third-order valence-electron chi connectivity index (χ3n) is 3.49. The highest BCUT2D eigenvalue weighted by atomic mass is 35.5. The van der Waals surface area contributed by atoms with Gasteiger partial charge >= 0.3 is 0 Å². The third kappa shape index (κ3) is 5.82. The molecule has 138 valence electrons. The van der Waals surface area contributed by atoms with Gasteiger partial charge in [0.25, 0.3) is 0 Å². The summed E-state index contributed by atoms with van der Waals surface area (Å²) in [6.07, 6.45) is 3.18. The fourth-order valence-electron chi connectivity index (χ4n) is 2.11. The molecule has 0 aliphatic rings. The van der Waals surface area contributed by atoms with E-state index in [-0.39, 0.29) is 5.91 Å². The van der Waals surface area contributed by atoms with E-state index in [1.807, 2.05) is 48.5 Å². The fourth-order valence-corrected chi connectivity index (χ4v) is 4.15. The van der Waals surface area contributed by atoms with Crippen molar-refractivity contribution in [2.45, 2.75) is 10.1 Å². The minimum absolute atomic E-state index is 0.260. The SMILES string of the molecule is COc1ccc(C=CC(=O)Nc2nnc(SCc3ccccc3Cl)s2)cc1. The van der Waals surface area contributed by atoms with E-state index in [1.54, 1.807) is 13.2 Å². The number of anilines is 1. The molecular formula is C19H16ClN3O2S2. The molecule has 1 amide bonds. The summed E-state index contributed by atoms with van der Waals surface area (Å²) in [5, 5.41) is 12.0. The summed E-state index contributed by atoms with van der Waals surface area (Å²) in [6.45, 7) is 0. The molecule has 1 aromatic heterocycles. The highest BCUT2D eigenvalue weighted by Crippen LogP contribution is 2.30. The zero-order valence-corrected chi connectivity index (χ0v) is 16.8. The van der Waals surface area contributed by atoms with Crippen molar-refractivity contribution in [1.82, 2.24) is 10.2 Å². The van der Waals surface area contributed by atoms with Crippen LogP contribution in [-0.2, 0) is 10.5 Å². The number of ether oxygens (including phenoxy) is 1. The number of hydrogen-bond donors (Lipinski definition) is 1. The second-order valence-corrected chi connectivity index (χ2v) is 7.96. The smallest absolute Gasteiger partial charge is 0.250 e. The molecule has 0 unspecified atom stereocenters. The molecule has 2 aromatic carbocycles. The normalized spacial score (nSPS) is 10.9. The molecule has 0 saturated carbocycles. The van der Waals surface area contributed by atoms with E-state index in [1.165, 1.54) is 29.2 Å². The Morgan fingerprint density at radius 2 is 2.00 bits per heavy atom. The predicted molar refractivity (Wildman–Crippen MR) is 112 cm³/mol. The van der Waals surface area contributed by atoms with Crippen molar-refractivity contribution in [2.24, 2.45) is 0 Å². The predicted octanol–water partition coefficient (Wildman–Crippen LogP) is 5.14. The van der Waals surface area contributed by atoms with E-state index in [2.05, 4.69) is 15.5 Å². The largest absolute Gasteiger partial charge is 0.497 e. The second kappa shape index (κ2) is 9.55. The molecule has 0 radical (unpaired) electrons. The first-order valence-corrected chi connectivity index (χ1v) is 10.1. The number of carbonyl (C=O) groups is 1. The number of methoxy groups -OCH3 is 1. The van der Waals surface area contributed by atoms with Gasteiger partial charge in [0.05, 0.1) is 7.11 Å². The molecule has 0 fully saturated rings. The van der Waals surface area contributed by atoms with Gasteiger partial charge in [-0.1, -0.05) is 65.0 Å². The molecule has 0 saturated heterocycles. The van der Waals surface area contributed by atoms with Crippen LogP contribution in [0.3, 0.4) is 0 Å². The van der Waals surface area contributed by atoms with Crippen molar-refractivity contribution in [3.63, 3.8) is 0 Å². The molecule has 0 spiro atoms. The van der Waals surface area contributed by atoms with E-state index in [0.717, 1.165) is 26.2 Å². The zero-order chi connectivity index (χ0) is 19.1. The lowest BCUT2D eigenvalue weighted by atomic mass is 10.2. The Bertz CT molecular complexity index is 942. The Hall–Kier alpha value is -2.35. The fraction of sp³-hybridized carbons (Fsp3) is 0.105. The number of nitrogens with zero attached hydrogens (tertiary/aromatic N) is 2.